The molecule has 6 heteroatoms. The highest BCUT2D eigenvalue weighted by molar-refractivity contribution is 5.95. The number of benzene rings is 2. The molecule has 25 heavy (non-hydrogen) atoms. The Hall–Kier alpha value is -3.02. The van der Waals surface area contributed by atoms with Gasteiger partial charge in [0.2, 0.25) is 0 Å². The van der Waals surface area contributed by atoms with Crippen LogP contribution in [0, 0.1) is 0 Å². The van der Waals surface area contributed by atoms with Crippen LogP contribution in [0.4, 0.5) is 10.5 Å². The number of hydrogen-bond acceptors (Lipinski definition) is 4. The number of cyclic esters (lactones) is 1. The maximum absolute atomic E-state index is 12.1. The maximum atomic E-state index is 12.1. The van der Waals surface area contributed by atoms with Gasteiger partial charge in [0, 0.05) is 17.7 Å². The van der Waals surface area contributed by atoms with E-state index in [1.165, 1.54) is 0 Å². The molecule has 0 saturated heterocycles. The van der Waals surface area contributed by atoms with Crippen LogP contribution in [0.5, 0.6) is 5.75 Å². The van der Waals surface area contributed by atoms with Crippen molar-refractivity contribution in [2.75, 3.05) is 18.6 Å². The number of rotatable bonds is 3. The van der Waals surface area contributed by atoms with E-state index in [9.17, 15) is 4.79 Å². The summed E-state index contributed by atoms with van der Waals surface area (Å²) in [4.78, 5) is 21.8. The Kier molecular flexibility index (Phi) is 3.60. The van der Waals surface area contributed by atoms with Gasteiger partial charge in [0.1, 0.15) is 17.7 Å². The van der Waals surface area contributed by atoms with Crippen LogP contribution in [-0.4, -0.2) is 29.7 Å². The molecular formula is C19H19N3O3. The highest BCUT2D eigenvalue weighted by atomic mass is 16.6. The summed E-state index contributed by atoms with van der Waals surface area (Å²) in [5, 5.41) is 0. The Morgan fingerprint density at radius 3 is 2.72 bits per heavy atom. The van der Waals surface area contributed by atoms with Crippen molar-refractivity contribution >= 4 is 22.8 Å². The molecule has 1 amide bonds. The van der Waals surface area contributed by atoms with E-state index in [0.717, 1.165) is 39.4 Å². The Morgan fingerprint density at radius 2 is 2.04 bits per heavy atom. The molecule has 3 aromatic rings. The van der Waals surface area contributed by atoms with Crippen molar-refractivity contribution in [3.05, 3.63) is 42.0 Å². The quantitative estimate of drug-likeness (QED) is 0.775. The van der Waals surface area contributed by atoms with Crippen molar-refractivity contribution in [3.63, 3.8) is 0 Å². The van der Waals surface area contributed by atoms with Gasteiger partial charge >= 0.3 is 6.09 Å². The fourth-order valence-corrected chi connectivity index (χ4v) is 3.18. The van der Waals surface area contributed by atoms with Gasteiger partial charge < -0.3 is 14.5 Å². The number of carbonyl (C=O) groups is 1. The lowest BCUT2D eigenvalue weighted by atomic mass is 10.0. The van der Waals surface area contributed by atoms with Crippen LogP contribution in [0.25, 0.3) is 22.4 Å². The number of aromatic amines is 1. The van der Waals surface area contributed by atoms with Crippen LogP contribution in [0.1, 0.15) is 25.5 Å². The van der Waals surface area contributed by atoms with Crippen LogP contribution in [0.15, 0.2) is 36.4 Å². The van der Waals surface area contributed by atoms with Gasteiger partial charge in [-0.05, 0) is 50.2 Å². The standard InChI is InChI=1S/C19H19N3O3/c1-4-22-17-10-16-15(9-14(17)11(2)25-19(22)23)20-18(21-16)12-5-7-13(24-3)8-6-12/h5-11H,4H2,1-3H3,(H,20,21). The molecule has 0 saturated carbocycles. The van der Waals surface area contributed by atoms with Crippen molar-refractivity contribution in [1.29, 1.82) is 0 Å². The average Bonchev–Trinajstić information content (AvgIpc) is 3.04. The predicted molar refractivity (Wildman–Crippen MR) is 96.0 cm³/mol. The second kappa shape index (κ2) is 5.81. The maximum Gasteiger partial charge on any atom is 0.414 e. The van der Waals surface area contributed by atoms with Crippen LogP contribution >= 0.6 is 0 Å². The van der Waals surface area contributed by atoms with Gasteiger partial charge in [0.05, 0.1) is 23.8 Å². The molecule has 0 fully saturated rings. The first-order valence-corrected chi connectivity index (χ1v) is 8.27. The molecule has 0 aliphatic carbocycles. The molecule has 0 bridgehead atoms. The van der Waals surface area contributed by atoms with E-state index < -0.39 is 0 Å². The van der Waals surface area contributed by atoms with E-state index in [1.54, 1.807) is 12.0 Å². The van der Waals surface area contributed by atoms with E-state index >= 15 is 0 Å². The van der Waals surface area contributed by atoms with Gasteiger partial charge in [-0.2, -0.15) is 0 Å². The summed E-state index contributed by atoms with van der Waals surface area (Å²) >= 11 is 0. The third kappa shape index (κ3) is 2.50. The van der Waals surface area contributed by atoms with Gasteiger partial charge in [-0.15, -0.1) is 0 Å². The molecule has 2 heterocycles. The summed E-state index contributed by atoms with van der Waals surface area (Å²) in [6, 6.07) is 11.7. The molecule has 0 radical (unpaired) electrons. The van der Waals surface area contributed by atoms with Gasteiger partial charge in [0.15, 0.2) is 0 Å². The summed E-state index contributed by atoms with van der Waals surface area (Å²) in [7, 11) is 1.64. The lowest BCUT2D eigenvalue weighted by Crippen LogP contribution is -2.36. The highest BCUT2D eigenvalue weighted by Gasteiger charge is 2.30. The number of ether oxygens (including phenoxy) is 2. The molecule has 4 rings (SSSR count). The molecular weight excluding hydrogens is 318 g/mol. The topological polar surface area (TPSA) is 67.5 Å². The zero-order chi connectivity index (χ0) is 17.6. The van der Waals surface area contributed by atoms with Crippen LogP contribution in [-0.2, 0) is 4.74 Å². The molecule has 6 nitrogen and oxygen atoms in total. The fourth-order valence-electron chi connectivity index (χ4n) is 3.18. The second-order valence-electron chi connectivity index (χ2n) is 6.01. The van der Waals surface area contributed by atoms with Gasteiger partial charge in [-0.1, -0.05) is 0 Å². The van der Waals surface area contributed by atoms with Crippen molar-refractivity contribution in [2.45, 2.75) is 20.0 Å². The van der Waals surface area contributed by atoms with Crippen molar-refractivity contribution in [2.24, 2.45) is 0 Å². The van der Waals surface area contributed by atoms with E-state index in [-0.39, 0.29) is 12.2 Å². The minimum atomic E-state index is -0.312. The zero-order valence-corrected chi connectivity index (χ0v) is 14.4. The third-order valence-electron chi connectivity index (χ3n) is 4.54. The number of anilines is 1. The monoisotopic (exact) mass is 337 g/mol. The fraction of sp³-hybridized carbons (Fsp3) is 0.263. The lowest BCUT2D eigenvalue weighted by molar-refractivity contribution is 0.108. The average molecular weight is 337 g/mol. The van der Waals surface area contributed by atoms with Gasteiger partial charge in [-0.25, -0.2) is 9.78 Å². The minimum Gasteiger partial charge on any atom is -0.497 e. The summed E-state index contributed by atoms with van der Waals surface area (Å²) in [6.45, 7) is 4.37. The number of hydrogen-bond donors (Lipinski definition) is 1. The zero-order valence-electron chi connectivity index (χ0n) is 14.4. The Bertz CT molecular complexity index is 946. The second-order valence-corrected chi connectivity index (χ2v) is 6.01. The SMILES string of the molecule is CCN1C(=O)OC(C)c2cc3[nH]c(-c4ccc(OC)cc4)nc3cc21. The smallest absolute Gasteiger partial charge is 0.414 e. The summed E-state index contributed by atoms with van der Waals surface area (Å²) in [5.41, 5.74) is 4.57. The van der Waals surface area contributed by atoms with E-state index in [2.05, 4.69) is 4.98 Å². The predicted octanol–water partition coefficient (Wildman–Crippen LogP) is 4.28. The lowest BCUT2D eigenvalue weighted by Gasteiger charge is -2.31. The van der Waals surface area contributed by atoms with E-state index in [4.69, 9.17) is 14.5 Å². The Labute approximate surface area is 145 Å². The summed E-state index contributed by atoms with van der Waals surface area (Å²) in [5.74, 6) is 1.58. The molecule has 2 aromatic carbocycles. The summed E-state index contributed by atoms with van der Waals surface area (Å²) in [6.07, 6.45) is -0.588. The number of H-pyrrole nitrogens is 1. The molecule has 1 unspecified atom stereocenters. The number of carbonyl (C=O) groups excluding carboxylic acids is 1. The van der Waals surface area contributed by atoms with Crippen molar-refractivity contribution in [1.82, 2.24) is 9.97 Å². The molecule has 0 spiro atoms. The minimum absolute atomic E-state index is 0.276. The number of nitrogens with one attached hydrogen (secondary N) is 1. The van der Waals surface area contributed by atoms with Crippen molar-refractivity contribution in [3.8, 4) is 17.1 Å². The molecule has 1 aliphatic heterocycles. The first-order chi connectivity index (χ1) is 12.1. The molecule has 1 atom stereocenters. The largest absolute Gasteiger partial charge is 0.497 e. The number of amides is 1. The summed E-state index contributed by atoms with van der Waals surface area (Å²) < 4.78 is 10.6. The highest BCUT2D eigenvalue weighted by Crippen LogP contribution is 2.37. The number of fused-ring (bicyclic) bond motifs is 2. The first-order valence-electron chi connectivity index (χ1n) is 8.27. The van der Waals surface area contributed by atoms with Crippen LogP contribution in [0.2, 0.25) is 0 Å². The van der Waals surface area contributed by atoms with Gasteiger partial charge in [-0.3, -0.25) is 4.90 Å². The number of methoxy groups -OCH3 is 1. The Balaban J connectivity index is 1.82. The van der Waals surface area contributed by atoms with Crippen molar-refractivity contribution < 1.29 is 14.3 Å². The molecule has 1 aliphatic rings. The number of aromatic nitrogens is 2. The van der Waals surface area contributed by atoms with E-state index in [0.29, 0.717) is 6.54 Å². The molecule has 1 N–H and O–H groups in total. The Morgan fingerprint density at radius 1 is 1.28 bits per heavy atom. The van der Waals surface area contributed by atoms with Crippen LogP contribution < -0.4 is 9.64 Å². The number of imidazole rings is 1. The normalized spacial score (nSPS) is 16.7. The van der Waals surface area contributed by atoms with Crippen LogP contribution in [0.3, 0.4) is 0 Å². The van der Waals surface area contributed by atoms with Gasteiger partial charge in [0.25, 0.3) is 0 Å². The first kappa shape index (κ1) is 15.5. The number of nitrogens with zero attached hydrogens (tertiary/aromatic N) is 2. The molecule has 1 aromatic heterocycles. The molecule has 128 valence electrons. The van der Waals surface area contributed by atoms with E-state index in [1.807, 2.05) is 50.2 Å². The third-order valence-corrected chi connectivity index (χ3v) is 4.54.